The van der Waals surface area contributed by atoms with Crippen LogP contribution in [0.4, 0.5) is 0 Å². The van der Waals surface area contributed by atoms with E-state index in [2.05, 4.69) is 4.98 Å². The van der Waals surface area contributed by atoms with Crippen LogP contribution in [0.3, 0.4) is 0 Å². The predicted octanol–water partition coefficient (Wildman–Crippen LogP) is 1.79. The maximum Gasteiger partial charge on any atom is 0.273 e. The van der Waals surface area contributed by atoms with Crippen molar-refractivity contribution >= 4 is 5.91 Å². The number of hydrogen-bond donors (Lipinski definition) is 0. The monoisotopic (exact) mass is 276 g/mol. The Labute approximate surface area is 118 Å². The fourth-order valence-electron chi connectivity index (χ4n) is 3.00. The van der Waals surface area contributed by atoms with Gasteiger partial charge in [0.15, 0.2) is 0 Å². The van der Waals surface area contributed by atoms with Gasteiger partial charge in [0.2, 0.25) is 5.88 Å². The molecule has 5 nitrogen and oxygen atoms in total. The van der Waals surface area contributed by atoms with Gasteiger partial charge >= 0.3 is 0 Å². The Balaban J connectivity index is 1.85. The minimum Gasteiger partial charge on any atom is -0.478 e. The van der Waals surface area contributed by atoms with Crippen LogP contribution in [0.15, 0.2) is 12.1 Å². The lowest BCUT2D eigenvalue weighted by atomic mass is 10.2. The van der Waals surface area contributed by atoms with E-state index in [0.717, 1.165) is 18.4 Å². The standard InChI is InChI=1S/C15H20N2O3/c1-3-20-14-10(2)4-7-13(16-14)15(18)17-11-5-6-12(17)9-19-8-11/h4,7,11-12H,3,5-6,8-9H2,1-2H3. The fourth-order valence-corrected chi connectivity index (χ4v) is 3.00. The molecule has 2 atom stereocenters. The first-order valence-corrected chi connectivity index (χ1v) is 7.21. The average molecular weight is 276 g/mol. The molecule has 0 N–H and O–H groups in total. The van der Waals surface area contributed by atoms with Gasteiger partial charge in [0, 0.05) is 5.56 Å². The lowest BCUT2D eigenvalue weighted by molar-refractivity contribution is -0.00750. The molecule has 0 spiro atoms. The number of rotatable bonds is 3. The first kappa shape index (κ1) is 13.4. The molecular formula is C15H20N2O3. The Kier molecular flexibility index (Phi) is 3.61. The third-order valence-corrected chi connectivity index (χ3v) is 4.03. The number of pyridine rings is 1. The second-order valence-corrected chi connectivity index (χ2v) is 5.39. The molecule has 2 aliphatic heterocycles. The number of fused-ring (bicyclic) bond motifs is 2. The van der Waals surface area contributed by atoms with Crippen LogP contribution >= 0.6 is 0 Å². The molecule has 2 fully saturated rings. The van der Waals surface area contributed by atoms with E-state index in [9.17, 15) is 4.79 Å². The highest BCUT2D eigenvalue weighted by Crippen LogP contribution is 2.30. The summed E-state index contributed by atoms with van der Waals surface area (Å²) in [4.78, 5) is 19.0. The van der Waals surface area contributed by atoms with Crippen molar-refractivity contribution in [2.24, 2.45) is 0 Å². The molecule has 0 aromatic carbocycles. The SMILES string of the molecule is CCOc1nc(C(=O)N2C3CCC2COC3)ccc1C. The van der Waals surface area contributed by atoms with Crippen LogP contribution in [0.5, 0.6) is 5.88 Å². The molecule has 0 saturated carbocycles. The number of ether oxygens (including phenoxy) is 2. The Morgan fingerprint density at radius 2 is 2.10 bits per heavy atom. The Hall–Kier alpha value is -1.62. The molecule has 2 saturated heterocycles. The number of carbonyl (C=O) groups excluding carboxylic acids is 1. The molecule has 0 aliphatic carbocycles. The van der Waals surface area contributed by atoms with Crippen LogP contribution in [0, 0.1) is 6.92 Å². The predicted molar refractivity (Wildman–Crippen MR) is 73.9 cm³/mol. The molecular weight excluding hydrogens is 256 g/mol. The van der Waals surface area contributed by atoms with Crippen molar-refractivity contribution in [1.82, 2.24) is 9.88 Å². The van der Waals surface area contributed by atoms with E-state index in [0.29, 0.717) is 31.4 Å². The number of aryl methyl sites for hydroxylation is 1. The Morgan fingerprint density at radius 1 is 1.40 bits per heavy atom. The lowest BCUT2D eigenvalue weighted by Gasteiger charge is -2.34. The van der Waals surface area contributed by atoms with Crippen LogP contribution < -0.4 is 4.74 Å². The highest BCUT2D eigenvalue weighted by molar-refractivity contribution is 5.93. The number of nitrogens with zero attached hydrogens (tertiary/aromatic N) is 2. The van der Waals surface area contributed by atoms with Crippen molar-refractivity contribution in [3.8, 4) is 5.88 Å². The normalized spacial score (nSPS) is 24.8. The maximum absolute atomic E-state index is 12.7. The Bertz CT molecular complexity index is 502. The zero-order valence-electron chi connectivity index (χ0n) is 12.0. The van der Waals surface area contributed by atoms with Crippen LogP contribution in [0.25, 0.3) is 0 Å². The molecule has 5 heteroatoms. The third-order valence-electron chi connectivity index (χ3n) is 4.03. The number of morpholine rings is 1. The molecule has 108 valence electrons. The summed E-state index contributed by atoms with van der Waals surface area (Å²) in [5, 5.41) is 0. The smallest absolute Gasteiger partial charge is 0.273 e. The Morgan fingerprint density at radius 3 is 2.75 bits per heavy atom. The van der Waals surface area contributed by atoms with E-state index in [1.54, 1.807) is 6.07 Å². The van der Waals surface area contributed by atoms with Gasteiger partial charge in [-0.25, -0.2) is 4.98 Å². The molecule has 1 amide bonds. The average Bonchev–Trinajstić information content (AvgIpc) is 2.70. The number of hydrogen-bond acceptors (Lipinski definition) is 4. The molecule has 3 heterocycles. The van der Waals surface area contributed by atoms with Gasteiger partial charge in [-0.15, -0.1) is 0 Å². The molecule has 2 aliphatic rings. The minimum atomic E-state index is 0.00162. The quantitative estimate of drug-likeness (QED) is 0.844. The molecule has 3 rings (SSSR count). The van der Waals surface area contributed by atoms with Crippen molar-refractivity contribution in [3.05, 3.63) is 23.4 Å². The van der Waals surface area contributed by atoms with Crippen molar-refractivity contribution < 1.29 is 14.3 Å². The highest BCUT2D eigenvalue weighted by Gasteiger charge is 2.41. The van der Waals surface area contributed by atoms with E-state index in [1.165, 1.54) is 0 Å². The number of aromatic nitrogens is 1. The summed E-state index contributed by atoms with van der Waals surface area (Å²) < 4.78 is 11.0. The van der Waals surface area contributed by atoms with Crippen LogP contribution in [-0.4, -0.2) is 47.7 Å². The summed E-state index contributed by atoms with van der Waals surface area (Å²) >= 11 is 0. The first-order valence-electron chi connectivity index (χ1n) is 7.21. The molecule has 1 aromatic heterocycles. The second-order valence-electron chi connectivity index (χ2n) is 5.39. The van der Waals surface area contributed by atoms with E-state index >= 15 is 0 Å². The van der Waals surface area contributed by atoms with Gasteiger partial charge in [0.05, 0.1) is 31.9 Å². The highest BCUT2D eigenvalue weighted by atomic mass is 16.5. The molecule has 2 unspecified atom stereocenters. The van der Waals surface area contributed by atoms with Gasteiger partial charge in [-0.3, -0.25) is 4.79 Å². The van der Waals surface area contributed by atoms with Crippen molar-refractivity contribution in [2.75, 3.05) is 19.8 Å². The zero-order valence-corrected chi connectivity index (χ0v) is 12.0. The van der Waals surface area contributed by atoms with Crippen molar-refractivity contribution in [3.63, 3.8) is 0 Å². The molecule has 20 heavy (non-hydrogen) atoms. The summed E-state index contributed by atoms with van der Waals surface area (Å²) in [7, 11) is 0. The van der Waals surface area contributed by atoms with Gasteiger partial charge in [-0.2, -0.15) is 0 Å². The second kappa shape index (κ2) is 5.40. The van der Waals surface area contributed by atoms with E-state index < -0.39 is 0 Å². The van der Waals surface area contributed by atoms with Crippen LogP contribution in [0.2, 0.25) is 0 Å². The van der Waals surface area contributed by atoms with Crippen molar-refractivity contribution in [1.29, 1.82) is 0 Å². The molecule has 2 bridgehead atoms. The summed E-state index contributed by atoms with van der Waals surface area (Å²) in [5.74, 6) is 0.556. The van der Waals surface area contributed by atoms with Gasteiger partial charge in [-0.1, -0.05) is 6.07 Å². The largest absolute Gasteiger partial charge is 0.478 e. The lowest BCUT2D eigenvalue weighted by Crippen LogP contribution is -2.49. The number of carbonyl (C=O) groups is 1. The van der Waals surface area contributed by atoms with Gasteiger partial charge in [0.1, 0.15) is 5.69 Å². The zero-order chi connectivity index (χ0) is 14.1. The van der Waals surface area contributed by atoms with Crippen LogP contribution in [-0.2, 0) is 4.74 Å². The van der Waals surface area contributed by atoms with E-state index in [1.807, 2.05) is 24.8 Å². The minimum absolute atomic E-state index is 0.00162. The van der Waals surface area contributed by atoms with Gasteiger partial charge in [-0.05, 0) is 32.8 Å². The summed E-state index contributed by atoms with van der Waals surface area (Å²) in [6.07, 6.45) is 2.06. The van der Waals surface area contributed by atoms with Crippen molar-refractivity contribution in [2.45, 2.75) is 38.8 Å². The van der Waals surface area contributed by atoms with Gasteiger partial charge < -0.3 is 14.4 Å². The first-order chi connectivity index (χ1) is 9.70. The van der Waals surface area contributed by atoms with Crippen LogP contribution in [0.1, 0.15) is 35.8 Å². The van der Waals surface area contributed by atoms with E-state index in [-0.39, 0.29) is 18.0 Å². The third kappa shape index (κ3) is 2.26. The maximum atomic E-state index is 12.7. The van der Waals surface area contributed by atoms with E-state index in [4.69, 9.17) is 9.47 Å². The summed E-state index contributed by atoms with van der Waals surface area (Å²) in [6, 6.07) is 4.10. The summed E-state index contributed by atoms with van der Waals surface area (Å²) in [5.41, 5.74) is 1.42. The molecule has 0 radical (unpaired) electrons. The fraction of sp³-hybridized carbons (Fsp3) is 0.600. The topological polar surface area (TPSA) is 51.7 Å². The molecule has 1 aromatic rings. The number of amides is 1. The summed E-state index contributed by atoms with van der Waals surface area (Å²) in [6.45, 7) is 5.69. The van der Waals surface area contributed by atoms with Gasteiger partial charge in [0.25, 0.3) is 5.91 Å².